The fraction of sp³-hybridized carbons (Fsp3) is 0.524. The van der Waals surface area contributed by atoms with Gasteiger partial charge in [0.1, 0.15) is 0 Å². The zero-order chi connectivity index (χ0) is 20.3. The highest BCUT2D eigenvalue weighted by molar-refractivity contribution is 5.80. The van der Waals surface area contributed by atoms with Crippen LogP contribution in [-0.2, 0) is 6.54 Å². The first-order valence-electron chi connectivity index (χ1n) is 10.4. The first-order valence-corrected chi connectivity index (χ1v) is 10.4. The molecule has 8 heteroatoms. The fourth-order valence-corrected chi connectivity index (χ4v) is 3.15. The van der Waals surface area contributed by atoms with Gasteiger partial charge >= 0.3 is 0 Å². The number of hydrogen-bond acceptors (Lipinski definition) is 6. The maximum Gasteiger partial charge on any atom is 0.225 e. The lowest BCUT2D eigenvalue weighted by Crippen LogP contribution is -2.53. The maximum absolute atomic E-state index is 5.84. The summed E-state index contributed by atoms with van der Waals surface area (Å²) >= 11 is 0. The molecular weight excluding hydrogens is 366 g/mol. The smallest absolute Gasteiger partial charge is 0.225 e. The number of pyridine rings is 1. The average molecular weight is 398 g/mol. The van der Waals surface area contributed by atoms with Crippen molar-refractivity contribution >= 4 is 11.9 Å². The highest BCUT2D eigenvalue weighted by Gasteiger charge is 2.21. The largest absolute Gasteiger partial charge is 0.477 e. The minimum absolute atomic E-state index is 0.541. The molecule has 0 bridgehead atoms. The highest BCUT2D eigenvalue weighted by Crippen LogP contribution is 2.16. The second kappa shape index (κ2) is 11.2. The van der Waals surface area contributed by atoms with E-state index in [0.29, 0.717) is 19.0 Å². The molecule has 1 N–H and O–H groups in total. The van der Waals surface area contributed by atoms with Crippen molar-refractivity contribution in [3.05, 3.63) is 42.4 Å². The lowest BCUT2D eigenvalue weighted by atomic mass is 10.2. The maximum atomic E-state index is 5.84. The van der Waals surface area contributed by atoms with Crippen LogP contribution in [0.5, 0.6) is 5.88 Å². The molecule has 0 saturated carbocycles. The number of nitrogens with one attached hydrogen (secondary N) is 1. The molecule has 29 heavy (non-hydrogen) atoms. The molecule has 3 rings (SSSR count). The Morgan fingerprint density at radius 2 is 1.83 bits per heavy atom. The number of guanidine groups is 1. The van der Waals surface area contributed by atoms with E-state index in [-0.39, 0.29) is 0 Å². The first-order chi connectivity index (χ1) is 14.3. The van der Waals surface area contributed by atoms with Gasteiger partial charge in [-0.1, -0.05) is 19.4 Å². The van der Waals surface area contributed by atoms with E-state index in [1.165, 1.54) is 0 Å². The van der Waals surface area contributed by atoms with E-state index in [1.807, 2.05) is 18.2 Å². The van der Waals surface area contributed by atoms with Gasteiger partial charge in [-0.2, -0.15) is 0 Å². The van der Waals surface area contributed by atoms with Crippen LogP contribution >= 0.6 is 0 Å². The summed E-state index contributed by atoms with van der Waals surface area (Å²) in [6, 6.07) is 5.81. The van der Waals surface area contributed by atoms with Gasteiger partial charge in [0.25, 0.3) is 0 Å². The molecule has 1 fully saturated rings. The van der Waals surface area contributed by atoms with Crippen molar-refractivity contribution in [1.82, 2.24) is 25.2 Å². The monoisotopic (exact) mass is 397 g/mol. The molecule has 0 aromatic carbocycles. The van der Waals surface area contributed by atoms with Gasteiger partial charge in [0.15, 0.2) is 5.96 Å². The van der Waals surface area contributed by atoms with Crippen molar-refractivity contribution < 1.29 is 4.74 Å². The molecule has 3 heterocycles. The van der Waals surface area contributed by atoms with Gasteiger partial charge in [-0.15, -0.1) is 0 Å². The molecule has 0 amide bonds. The van der Waals surface area contributed by atoms with Crippen molar-refractivity contribution in [1.29, 1.82) is 0 Å². The predicted octanol–water partition coefficient (Wildman–Crippen LogP) is 2.34. The van der Waals surface area contributed by atoms with Gasteiger partial charge in [-0.05, 0) is 25.5 Å². The third kappa shape index (κ3) is 6.04. The normalized spacial score (nSPS) is 14.8. The summed E-state index contributed by atoms with van der Waals surface area (Å²) < 4.78 is 5.84. The van der Waals surface area contributed by atoms with Crippen LogP contribution in [0.1, 0.15) is 32.3 Å². The molecule has 0 aliphatic carbocycles. The summed E-state index contributed by atoms with van der Waals surface area (Å²) in [6.45, 7) is 9.78. The van der Waals surface area contributed by atoms with Gasteiger partial charge in [0.05, 0.1) is 13.2 Å². The number of aliphatic imine (C=N–C) groups is 1. The summed E-state index contributed by atoms with van der Waals surface area (Å²) in [6.07, 6.45) is 7.47. The molecule has 1 aliphatic heterocycles. The van der Waals surface area contributed by atoms with E-state index in [2.05, 4.69) is 43.9 Å². The zero-order valence-corrected chi connectivity index (χ0v) is 17.4. The average Bonchev–Trinajstić information content (AvgIpc) is 2.78. The molecule has 0 spiro atoms. The molecular formula is C21H31N7O. The van der Waals surface area contributed by atoms with Crippen LogP contribution in [0.25, 0.3) is 0 Å². The number of ether oxygens (including phenoxy) is 1. The molecule has 1 aliphatic rings. The third-order valence-electron chi connectivity index (χ3n) is 4.73. The Hall–Kier alpha value is -2.90. The van der Waals surface area contributed by atoms with Crippen LogP contribution in [0, 0.1) is 0 Å². The van der Waals surface area contributed by atoms with Crippen LogP contribution in [0.15, 0.2) is 41.8 Å². The van der Waals surface area contributed by atoms with E-state index in [9.17, 15) is 0 Å². The van der Waals surface area contributed by atoms with E-state index in [4.69, 9.17) is 9.73 Å². The molecule has 8 nitrogen and oxygen atoms in total. The van der Waals surface area contributed by atoms with Gasteiger partial charge < -0.3 is 19.9 Å². The lowest BCUT2D eigenvalue weighted by Gasteiger charge is -2.36. The predicted molar refractivity (Wildman–Crippen MR) is 115 cm³/mol. The number of anilines is 1. The summed E-state index contributed by atoms with van der Waals surface area (Å²) in [5.74, 6) is 2.40. The topological polar surface area (TPSA) is 78.8 Å². The summed E-state index contributed by atoms with van der Waals surface area (Å²) in [7, 11) is 0. The Balaban J connectivity index is 1.62. The molecule has 2 aromatic rings. The van der Waals surface area contributed by atoms with E-state index in [1.54, 1.807) is 18.6 Å². The summed E-state index contributed by atoms with van der Waals surface area (Å²) in [4.78, 5) is 22.4. The number of unbranched alkanes of at least 4 members (excludes halogenated alkanes) is 1. The quantitative estimate of drug-likeness (QED) is 0.416. The molecule has 0 unspecified atom stereocenters. The van der Waals surface area contributed by atoms with Crippen molar-refractivity contribution in [2.75, 3.05) is 44.2 Å². The Bertz CT molecular complexity index is 761. The molecule has 0 atom stereocenters. The summed E-state index contributed by atoms with van der Waals surface area (Å²) in [5.41, 5.74) is 1.01. The van der Waals surface area contributed by atoms with Crippen molar-refractivity contribution in [3.63, 3.8) is 0 Å². The standard InChI is InChI=1S/C21H31N7O/c1-3-5-16-29-19-18(8-6-9-23-19)17-26-20(22-4-2)27-12-14-28(15-13-27)21-24-10-7-11-25-21/h6-11H,3-5,12-17H2,1-2H3,(H,22,26). The lowest BCUT2D eigenvalue weighted by molar-refractivity contribution is 0.294. The molecule has 156 valence electrons. The number of hydrogen-bond donors (Lipinski definition) is 1. The van der Waals surface area contributed by atoms with Crippen molar-refractivity contribution in [3.8, 4) is 5.88 Å². The van der Waals surface area contributed by atoms with Crippen LogP contribution in [0.3, 0.4) is 0 Å². The number of rotatable bonds is 8. The molecule has 1 saturated heterocycles. The second-order valence-electron chi connectivity index (χ2n) is 6.86. The minimum atomic E-state index is 0.541. The van der Waals surface area contributed by atoms with E-state index < -0.39 is 0 Å². The summed E-state index contributed by atoms with van der Waals surface area (Å²) in [5, 5.41) is 3.41. The van der Waals surface area contributed by atoms with Crippen LogP contribution in [-0.4, -0.2) is 65.1 Å². The molecule has 0 radical (unpaired) electrons. The van der Waals surface area contributed by atoms with Gasteiger partial charge in [-0.3, -0.25) is 0 Å². The Kier molecular flexibility index (Phi) is 8.03. The Labute approximate surface area is 173 Å². The number of piperazine rings is 1. The molecule has 2 aromatic heterocycles. The Morgan fingerprint density at radius 1 is 1.07 bits per heavy atom. The SMILES string of the molecule is CCCCOc1ncccc1CN=C(NCC)N1CCN(c2ncccn2)CC1. The number of aromatic nitrogens is 3. The Morgan fingerprint density at radius 3 is 2.55 bits per heavy atom. The van der Waals surface area contributed by atoms with Crippen LogP contribution < -0.4 is 15.0 Å². The van der Waals surface area contributed by atoms with E-state index in [0.717, 1.165) is 63.0 Å². The highest BCUT2D eigenvalue weighted by atomic mass is 16.5. The van der Waals surface area contributed by atoms with Gasteiger partial charge in [0, 0.05) is 56.9 Å². The third-order valence-corrected chi connectivity index (χ3v) is 4.73. The van der Waals surface area contributed by atoms with Crippen LogP contribution in [0.4, 0.5) is 5.95 Å². The van der Waals surface area contributed by atoms with Crippen LogP contribution in [0.2, 0.25) is 0 Å². The fourth-order valence-electron chi connectivity index (χ4n) is 3.15. The van der Waals surface area contributed by atoms with Crippen molar-refractivity contribution in [2.45, 2.75) is 33.2 Å². The van der Waals surface area contributed by atoms with Gasteiger partial charge in [0.2, 0.25) is 11.8 Å². The zero-order valence-electron chi connectivity index (χ0n) is 17.4. The minimum Gasteiger partial charge on any atom is -0.477 e. The number of nitrogens with zero attached hydrogens (tertiary/aromatic N) is 6. The van der Waals surface area contributed by atoms with E-state index >= 15 is 0 Å². The second-order valence-corrected chi connectivity index (χ2v) is 6.86. The van der Waals surface area contributed by atoms with Gasteiger partial charge in [-0.25, -0.2) is 19.9 Å². The van der Waals surface area contributed by atoms with Crippen molar-refractivity contribution in [2.24, 2.45) is 4.99 Å². The first kappa shape index (κ1) is 20.8.